The summed E-state index contributed by atoms with van der Waals surface area (Å²) in [6.45, 7) is 2.10. The van der Waals surface area contributed by atoms with Gasteiger partial charge in [0.15, 0.2) is 0 Å². The van der Waals surface area contributed by atoms with Crippen molar-refractivity contribution in [2.75, 3.05) is 0 Å². The number of aromatic amines is 1. The molecule has 1 aliphatic rings. The molecule has 16 heavy (non-hydrogen) atoms. The second-order valence-corrected chi connectivity index (χ2v) is 4.84. The fraction of sp³-hybridized carbons (Fsp3) is 0.357. The van der Waals surface area contributed by atoms with Gasteiger partial charge in [0.05, 0.1) is 11.5 Å². The van der Waals surface area contributed by atoms with E-state index < -0.39 is 0 Å². The standard InChI is InChI=1S/C14H14N2/c1-10-12(8-14(9-15)6-7-14)11-4-2-3-5-13(11)16-10/h2-5,16H,6-8H2,1H3. The van der Waals surface area contributed by atoms with Gasteiger partial charge in [-0.1, -0.05) is 18.2 Å². The van der Waals surface area contributed by atoms with Crippen molar-refractivity contribution < 1.29 is 0 Å². The van der Waals surface area contributed by atoms with Gasteiger partial charge in [-0.2, -0.15) is 5.26 Å². The zero-order valence-corrected chi connectivity index (χ0v) is 9.38. The Kier molecular flexibility index (Phi) is 1.85. The van der Waals surface area contributed by atoms with Crippen molar-refractivity contribution in [3.8, 4) is 6.07 Å². The first-order chi connectivity index (χ1) is 7.74. The number of rotatable bonds is 2. The van der Waals surface area contributed by atoms with Crippen molar-refractivity contribution in [1.29, 1.82) is 5.26 Å². The van der Waals surface area contributed by atoms with Crippen LogP contribution in [0.2, 0.25) is 0 Å². The Morgan fingerprint density at radius 3 is 2.81 bits per heavy atom. The van der Waals surface area contributed by atoms with E-state index in [2.05, 4.69) is 36.2 Å². The zero-order valence-electron chi connectivity index (χ0n) is 9.38. The van der Waals surface area contributed by atoms with Crippen LogP contribution in [0.25, 0.3) is 10.9 Å². The van der Waals surface area contributed by atoms with Gasteiger partial charge in [-0.15, -0.1) is 0 Å². The number of hydrogen-bond acceptors (Lipinski definition) is 1. The summed E-state index contributed by atoms with van der Waals surface area (Å²) in [5.74, 6) is 0. The first-order valence-electron chi connectivity index (χ1n) is 5.72. The lowest BCUT2D eigenvalue weighted by Gasteiger charge is -2.05. The molecule has 0 bridgehead atoms. The third-order valence-electron chi connectivity index (χ3n) is 3.63. The Balaban J connectivity index is 2.10. The van der Waals surface area contributed by atoms with Crippen LogP contribution < -0.4 is 0 Å². The topological polar surface area (TPSA) is 39.6 Å². The van der Waals surface area contributed by atoms with Crippen LogP contribution in [0.4, 0.5) is 0 Å². The highest BCUT2D eigenvalue weighted by atomic mass is 14.7. The highest BCUT2D eigenvalue weighted by Crippen LogP contribution is 2.48. The van der Waals surface area contributed by atoms with Gasteiger partial charge >= 0.3 is 0 Å². The van der Waals surface area contributed by atoms with Crippen LogP contribution in [0.5, 0.6) is 0 Å². The van der Waals surface area contributed by atoms with Gasteiger partial charge < -0.3 is 4.98 Å². The first-order valence-corrected chi connectivity index (χ1v) is 5.72. The van der Waals surface area contributed by atoms with Crippen molar-refractivity contribution in [3.63, 3.8) is 0 Å². The molecular formula is C14H14N2. The number of nitrogens with zero attached hydrogens (tertiary/aromatic N) is 1. The van der Waals surface area contributed by atoms with Crippen LogP contribution in [0.1, 0.15) is 24.1 Å². The Labute approximate surface area is 94.9 Å². The molecule has 1 saturated carbocycles. The smallest absolute Gasteiger partial charge is 0.0693 e. The predicted octanol–water partition coefficient (Wildman–Crippen LogP) is 3.32. The molecule has 0 unspecified atom stereocenters. The lowest BCUT2D eigenvalue weighted by atomic mass is 9.96. The minimum absolute atomic E-state index is 0.0598. The molecule has 1 heterocycles. The van der Waals surface area contributed by atoms with Crippen LogP contribution in [0.15, 0.2) is 24.3 Å². The summed E-state index contributed by atoms with van der Waals surface area (Å²) in [7, 11) is 0. The lowest BCUT2D eigenvalue weighted by Crippen LogP contribution is -2.02. The monoisotopic (exact) mass is 210 g/mol. The molecule has 1 aromatic heterocycles. The second kappa shape index (κ2) is 3.12. The van der Waals surface area contributed by atoms with E-state index in [1.165, 1.54) is 22.2 Å². The number of nitriles is 1. The summed E-state index contributed by atoms with van der Waals surface area (Å²) >= 11 is 0. The molecule has 2 nitrogen and oxygen atoms in total. The maximum atomic E-state index is 9.16. The molecule has 2 heteroatoms. The average Bonchev–Trinajstić information content (AvgIpc) is 3.01. The molecule has 0 atom stereocenters. The number of aryl methyl sites for hydroxylation is 1. The summed E-state index contributed by atoms with van der Waals surface area (Å²) < 4.78 is 0. The van der Waals surface area contributed by atoms with Gasteiger partial charge in [0.25, 0.3) is 0 Å². The number of para-hydroxylation sites is 1. The van der Waals surface area contributed by atoms with E-state index in [-0.39, 0.29) is 5.41 Å². The SMILES string of the molecule is Cc1[nH]c2ccccc2c1CC1(C#N)CC1. The van der Waals surface area contributed by atoms with Gasteiger partial charge in [0.2, 0.25) is 0 Å². The number of aromatic nitrogens is 1. The molecule has 0 spiro atoms. The number of fused-ring (bicyclic) bond motifs is 1. The predicted molar refractivity (Wildman–Crippen MR) is 64.0 cm³/mol. The van der Waals surface area contributed by atoms with E-state index in [0.717, 1.165) is 19.3 Å². The Bertz CT molecular complexity index is 582. The summed E-state index contributed by atoms with van der Waals surface area (Å²) in [5.41, 5.74) is 3.66. The minimum Gasteiger partial charge on any atom is -0.358 e. The van der Waals surface area contributed by atoms with Gasteiger partial charge in [-0.25, -0.2) is 0 Å². The average molecular weight is 210 g/mol. The van der Waals surface area contributed by atoms with E-state index in [0.29, 0.717) is 0 Å². The molecule has 1 N–H and O–H groups in total. The molecule has 1 aliphatic carbocycles. The molecule has 0 aliphatic heterocycles. The second-order valence-electron chi connectivity index (χ2n) is 4.84. The van der Waals surface area contributed by atoms with Crippen molar-refractivity contribution in [1.82, 2.24) is 4.98 Å². The Morgan fingerprint density at radius 2 is 2.12 bits per heavy atom. The van der Waals surface area contributed by atoms with E-state index in [1.54, 1.807) is 0 Å². The Hall–Kier alpha value is -1.75. The number of nitrogens with one attached hydrogen (secondary N) is 1. The van der Waals surface area contributed by atoms with Crippen LogP contribution in [0, 0.1) is 23.7 Å². The third-order valence-corrected chi connectivity index (χ3v) is 3.63. The van der Waals surface area contributed by atoms with Gasteiger partial charge in [0, 0.05) is 16.6 Å². The molecule has 0 amide bonds. The van der Waals surface area contributed by atoms with Crippen molar-refractivity contribution in [2.24, 2.45) is 5.41 Å². The third kappa shape index (κ3) is 1.32. The molecule has 3 rings (SSSR count). The molecule has 1 aromatic carbocycles. The van der Waals surface area contributed by atoms with Gasteiger partial charge in [-0.3, -0.25) is 0 Å². The van der Waals surface area contributed by atoms with Gasteiger partial charge in [0.1, 0.15) is 0 Å². The molecule has 1 fully saturated rings. The minimum atomic E-state index is -0.0598. The van der Waals surface area contributed by atoms with Crippen molar-refractivity contribution >= 4 is 10.9 Å². The molecule has 2 aromatic rings. The quantitative estimate of drug-likeness (QED) is 0.811. The Morgan fingerprint density at radius 1 is 1.38 bits per heavy atom. The fourth-order valence-corrected chi connectivity index (χ4v) is 2.38. The van der Waals surface area contributed by atoms with Crippen LogP contribution in [-0.4, -0.2) is 4.98 Å². The summed E-state index contributed by atoms with van der Waals surface area (Å²) in [6, 6.07) is 10.8. The van der Waals surface area contributed by atoms with Crippen LogP contribution >= 0.6 is 0 Å². The molecular weight excluding hydrogens is 196 g/mol. The van der Waals surface area contributed by atoms with E-state index in [9.17, 15) is 0 Å². The van der Waals surface area contributed by atoms with Crippen molar-refractivity contribution in [3.05, 3.63) is 35.5 Å². The summed E-state index contributed by atoms with van der Waals surface area (Å²) in [4.78, 5) is 3.39. The molecule has 80 valence electrons. The number of H-pyrrole nitrogens is 1. The van der Waals surface area contributed by atoms with E-state index in [4.69, 9.17) is 5.26 Å². The normalized spacial score (nSPS) is 17.2. The largest absolute Gasteiger partial charge is 0.358 e. The fourth-order valence-electron chi connectivity index (χ4n) is 2.38. The van der Waals surface area contributed by atoms with Crippen LogP contribution in [-0.2, 0) is 6.42 Å². The van der Waals surface area contributed by atoms with E-state index in [1.807, 2.05) is 6.07 Å². The van der Waals surface area contributed by atoms with Crippen molar-refractivity contribution in [2.45, 2.75) is 26.2 Å². The summed E-state index contributed by atoms with van der Waals surface area (Å²) in [5, 5.41) is 10.4. The molecule has 0 radical (unpaired) electrons. The first kappa shape index (κ1) is 9.47. The van der Waals surface area contributed by atoms with Gasteiger partial charge in [-0.05, 0) is 37.8 Å². The highest BCUT2D eigenvalue weighted by molar-refractivity contribution is 5.84. The molecule has 0 saturated heterocycles. The maximum absolute atomic E-state index is 9.16. The number of benzene rings is 1. The lowest BCUT2D eigenvalue weighted by molar-refractivity contribution is 0.665. The van der Waals surface area contributed by atoms with E-state index >= 15 is 0 Å². The van der Waals surface area contributed by atoms with Crippen LogP contribution in [0.3, 0.4) is 0 Å². The summed E-state index contributed by atoms with van der Waals surface area (Å²) in [6.07, 6.45) is 3.02. The zero-order chi connectivity index (χ0) is 11.2. The highest BCUT2D eigenvalue weighted by Gasteiger charge is 2.43. The number of hydrogen-bond donors (Lipinski definition) is 1. The maximum Gasteiger partial charge on any atom is 0.0693 e.